The molecule has 1 aromatic carbocycles. The third kappa shape index (κ3) is 3.40. The van der Waals surface area contributed by atoms with Crippen LogP contribution in [0.5, 0.6) is 0 Å². The second-order valence-electron chi connectivity index (χ2n) is 4.98. The number of nitrogens with one attached hydrogen (secondary N) is 1. The normalized spacial score (nSPS) is 18.6. The highest BCUT2D eigenvalue weighted by Crippen LogP contribution is 2.28. The van der Waals surface area contributed by atoms with Crippen LogP contribution in [0.1, 0.15) is 31.2 Å². The largest absolute Gasteiger partial charge is 0.394 e. The van der Waals surface area contributed by atoms with Gasteiger partial charge >= 0.3 is 0 Å². The van der Waals surface area contributed by atoms with E-state index in [1.807, 2.05) is 12.2 Å². The summed E-state index contributed by atoms with van der Waals surface area (Å²) in [5.41, 5.74) is 0.912. The van der Waals surface area contributed by atoms with Crippen LogP contribution in [0.25, 0.3) is 6.08 Å². The minimum atomic E-state index is -0.213. The Hall–Kier alpha value is -1.19. The van der Waals surface area contributed by atoms with Gasteiger partial charge in [0, 0.05) is 12.1 Å². The quantitative estimate of drug-likeness (QED) is 0.841. The van der Waals surface area contributed by atoms with Crippen molar-refractivity contribution in [1.29, 1.82) is 0 Å². The predicted molar refractivity (Wildman–Crippen MR) is 71.7 cm³/mol. The fourth-order valence-corrected chi connectivity index (χ4v) is 2.49. The van der Waals surface area contributed by atoms with Gasteiger partial charge in [0.25, 0.3) is 0 Å². The number of hydrogen-bond donors (Lipinski definition) is 2. The van der Waals surface area contributed by atoms with Gasteiger partial charge in [0.2, 0.25) is 0 Å². The van der Waals surface area contributed by atoms with E-state index in [0.29, 0.717) is 0 Å². The van der Waals surface area contributed by atoms with Crippen molar-refractivity contribution in [3.63, 3.8) is 0 Å². The molecule has 2 nitrogen and oxygen atoms in total. The molecule has 2 rings (SSSR count). The Morgan fingerprint density at radius 2 is 1.89 bits per heavy atom. The topological polar surface area (TPSA) is 32.3 Å². The molecule has 1 aliphatic rings. The molecule has 0 saturated heterocycles. The fraction of sp³-hybridized carbons (Fsp3) is 0.467. The first-order valence-electron chi connectivity index (χ1n) is 6.52. The molecule has 0 unspecified atom stereocenters. The van der Waals surface area contributed by atoms with Gasteiger partial charge in [0.05, 0.1) is 6.61 Å². The van der Waals surface area contributed by atoms with Crippen molar-refractivity contribution in [2.75, 3.05) is 13.2 Å². The Labute approximate surface area is 108 Å². The molecule has 3 heteroatoms. The maximum Gasteiger partial charge on any atom is 0.123 e. The molecule has 1 saturated carbocycles. The Morgan fingerprint density at radius 1 is 1.22 bits per heavy atom. The molecule has 0 spiro atoms. The van der Waals surface area contributed by atoms with Crippen LogP contribution >= 0.6 is 0 Å². The second-order valence-corrected chi connectivity index (χ2v) is 4.98. The van der Waals surface area contributed by atoms with E-state index in [-0.39, 0.29) is 18.0 Å². The summed E-state index contributed by atoms with van der Waals surface area (Å²) in [5.74, 6) is -0.213. The van der Waals surface area contributed by atoms with Gasteiger partial charge in [-0.3, -0.25) is 0 Å². The molecule has 0 aliphatic heterocycles. The predicted octanol–water partition coefficient (Wildman–Crippen LogP) is 2.73. The van der Waals surface area contributed by atoms with Crippen LogP contribution in [0.2, 0.25) is 0 Å². The van der Waals surface area contributed by atoms with Crippen LogP contribution in [0, 0.1) is 5.82 Å². The highest BCUT2D eigenvalue weighted by atomic mass is 19.1. The molecule has 1 aliphatic carbocycles. The second kappa shape index (κ2) is 6.12. The Balaban J connectivity index is 1.82. The third-order valence-electron chi connectivity index (χ3n) is 3.64. The maximum absolute atomic E-state index is 12.7. The van der Waals surface area contributed by atoms with E-state index in [2.05, 4.69) is 5.32 Å². The SMILES string of the molecule is OCC1(NC/C=C/c2ccc(F)cc2)CCCC1. The van der Waals surface area contributed by atoms with Crippen molar-refractivity contribution in [1.82, 2.24) is 5.32 Å². The zero-order valence-electron chi connectivity index (χ0n) is 10.5. The van der Waals surface area contributed by atoms with Crippen LogP contribution in [-0.4, -0.2) is 23.8 Å². The standard InChI is InChI=1S/C15H20FNO/c16-14-7-5-13(6-8-14)4-3-11-17-15(12-18)9-1-2-10-15/h3-8,17-18H,1-2,9-12H2/b4-3+. The van der Waals surface area contributed by atoms with Gasteiger partial charge in [-0.05, 0) is 30.5 Å². The number of benzene rings is 1. The number of aliphatic hydroxyl groups is 1. The molecular weight excluding hydrogens is 229 g/mol. The zero-order valence-corrected chi connectivity index (χ0v) is 10.5. The van der Waals surface area contributed by atoms with Crippen LogP contribution < -0.4 is 5.32 Å². The van der Waals surface area contributed by atoms with Crippen molar-refractivity contribution in [3.8, 4) is 0 Å². The van der Waals surface area contributed by atoms with Gasteiger partial charge in [-0.2, -0.15) is 0 Å². The van der Waals surface area contributed by atoms with E-state index in [4.69, 9.17) is 0 Å². The molecule has 0 heterocycles. The molecule has 0 atom stereocenters. The summed E-state index contributed by atoms with van der Waals surface area (Å²) in [7, 11) is 0. The minimum absolute atomic E-state index is 0.0763. The lowest BCUT2D eigenvalue weighted by Gasteiger charge is -2.27. The Kier molecular flexibility index (Phi) is 4.50. The van der Waals surface area contributed by atoms with Crippen molar-refractivity contribution < 1.29 is 9.50 Å². The molecule has 1 aromatic rings. The van der Waals surface area contributed by atoms with E-state index in [1.54, 1.807) is 12.1 Å². The first kappa shape index (κ1) is 13.2. The fourth-order valence-electron chi connectivity index (χ4n) is 2.49. The first-order chi connectivity index (χ1) is 8.74. The van der Waals surface area contributed by atoms with Gasteiger partial charge in [0.1, 0.15) is 5.82 Å². The number of hydrogen-bond acceptors (Lipinski definition) is 2. The summed E-state index contributed by atoms with van der Waals surface area (Å²) in [6, 6.07) is 6.42. The van der Waals surface area contributed by atoms with Crippen molar-refractivity contribution in [3.05, 3.63) is 41.7 Å². The van der Waals surface area contributed by atoms with E-state index in [9.17, 15) is 9.50 Å². The number of rotatable bonds is 5. The lowest BCUT2D eigenvalue weighted by atomic mass is 9.99. The van der Waals surface area contributed by atoms with Crippen LogP contribution in [0.3, 0.4) is 0 Å². The van der Waals surface area contributed by atoms with E-state index < -0.39 is 0 Å². The monoisotopic (exact) mass is 249 g/mol. The molecular formula is C15H20FNO. The molecule has 0 bridgehead atoms. The number of halogens is 1. The zero-order chi connectivity index (χ0) is 12.8. The summed E-state index contributed by atoms with van der Waals surface area (Å²) in [6.45, 7) is 0.940. The smallest absolute Gasteiger partial charge is 0.123 e. The van der Waals surface area contributed by atoms with Crippen LogP contribution in [-0.2, 0) is 0 Å². The van der Waals surface area contributed by atoms with Gasteiger partial charge in [-0.1, -0.05) is 37.1 Å². The maximum atomic E-state index is 12.7. The summed E-state index contributed by atoms with van der Waals surface area (Å²) in [5, 5.41) is 12.9. The van der Waals surface area contributed by atoms with Gasteiger partial charge in [0.15, 0.2) is 0 Å². The highest BCUT2D eigenvalue weighted by molar-refractivity contribution is 5.48. The first-order valence-corrected chi connectivity index (χ1v) is 6.52. The minimum Gasteiger partial charge on any atom is -0.394 e. The number of aliphatic hydroxyl groups excluding tert-OH is 1. The van der Waals surface area contributed by atoms with Crippen molar-refractivity contribution in [2.24, 2.45) is 0 Å². The summed E-state index contributed by atoms with van der Waals surface area (Å²) < 4.78 is 12.7. The van der Waals surface area contributed by atoms with Crippen LogP contribution in [0.15, 0.2) is 30.3 Å². The van der Waals surface area contributed by atoms with Crippen LogP contribution in [0.4, 0.5) is 4.39 Å². The summed E-state index contributed by atoms with van der Waals surface area (Å²) in [4.78, 5) is 0. The molecule has 0 aromatic heterocycles. The van der Waals surface area contributed by atoms with Gasteiger partial charge in [-0.15, -0.1) is 0 Å². The highest BCUT2D eigenvalue weighted by Gasteiger charge is 2.31. The molecule has 98 valence electrons. The van der Waals surface area contributed by atoms with E-state index in [1.165, 1.54) is 25.0 Å². The average Bonchev–Trinajstić information content (AvgIpc) is 2.86. The molecule has 18 heavy (non-hydrogen) atoms. The lowest BCUT2D eigenvalue weighted by molar-refractivity contribution is 0.168. The summed E-state index contributed by atoms with van der Waals surface area (Å²) in [6.07, 6.45) is 8.46. The van der Waals surface area contributed by atoms with Gasteiger partial charge < -0.3 is 10.4 Å². The Morgan fingerprint density at radius 3 is 2.50 bits per heavy atom. The van der Waals surface area contributed by atoms with E-state index in [0.717, 1.165) is 24.9 Å². The third-order valence-corrected chi connectivity index (χ3v) is 3.64. The van der Waals surface area contributed by atoms with Crippen molar-refractivity contribution >= 4 is 6.08 Å². The Bertz CT molecular complexity index is 393. The van der Waals surface area contributed by atoms with E-state index >= 15 is 0 Å². The average molecular weight is 249 g/mol. The lowest BCUT2D eigenvalue weighted by Crippen LogP contribution is -2.46. The molecule has 0 radical (unpaired) electrons. The summed E-state index contributed by atoms with van der Waals surface area (Å²) >= 11 is 0. The molecule has 2 N–H and O–H groups in total. The van der Waals surface area contributed by atoms with Crippen molar-refractivity contribution in [2.45, 2.75) is 31.2 Å². The molecule has 0 amide bonds. The molecule has 1 fully saturated rings. The van der Waals surface area contributed by atoms with Gasteiger partial charge in [-0.25, -0.2) is 4.39 Å².